The summed E-state index contributed by atoms with van der Waals surface area (Å²) in [7, 11) is 0. The first-order valence-corrected chi connectivity index (χ1v) is 5.20. The lowest BCUT2D eigenvalue weighted by atomic mass is 10.1. The molecule has 0 aliphatic carbocycles. The van der Waals surface area contributed by atoms with E-state index in [1.807, 2.05) is 18.7 Å². The van der Waals surface area contributed by atoms with Crippen LogP contribution in [0.15, 0.2) is 0 Å². The monoisotopic (exact) mass is 219 g/mol. The number of likely N-dealkylation sites (N-methyl/N-ethyl adjacent to an activating group) is 1. The minimum absolute atomic E-state index is 0.117. The van der Waals surface area contributed by atoms with E-state index in [-0.39, 0.29) is 6.54 Å². The summed E-state index contributed by atoms with van der Waals surface area (Å²) in [6.07, 6.45) is 0. The van der Waals surface area contributed by atoms with Gasteiger partial charge in [0.2, 0.25) is 0 Å². The van der Waals surface area contributed by atoms with E-state index in [0.29, 0.717) is 26.3 Å². The van der Waals surface area contributed by atoms with E-state index < -0.39 is 11.6 Å². The Morgan fingerprint density at radius 1 is 1.47 bits per heavy atom. The molecule has 5 heteroatoms. The van der Waals surface area contributed by atoms with Crippen molar-refractivity contribution in [3.8, 4) is 0 Å². The van der Waals surface area contributed by atoms with Crippen LogP contribution in [0.3, 0.4) is 0 Å². The number of aliphatic hydroxyl groups is 1. The van der Waals surface area contributed by atoms with Crippen molar-refractivity contribution in [2.24, 2.45) is 0 Å². The zero-order valence-electron chi connectivity index (χ0n) is 9.69. The predicted octanol–water partition coefficient (Wildman–Crippen LogP) is 0.180. The largest absolute Gasteiger partial charge is 0.479 e. The standard InChI is InChI=1S/C10H21NO4/c1-4-11(6-7-15-5-2)8-10(3,14)9(12)13/h14H,4-8H2,1-3H3,(H,12,13). The highest BCUT2D eigenvalue weighted by atomic mass is 16.5. The maximum Gasteiger partial charge on any atom is 0.336 e. The number of carboxylic acids is 1. The van der Waals surface area contributed by atoms with E-state index in [0.717, 1.165) is 0 Å². The molecule has 2 N–H and O–H groups in total. The molecule has 0 radical (unpaired) electrons. The van der Waals surface area contributed by atoms with Crippen LogP contribution in [0, 0.1) is 0 Å². The van der Waals surface area contributed by atoms with Gasteiger partial charge in [-0.05, 0) is 20.4 Å². The summed E-state index contributed by atoms with van der Waals surface area (Å²) < 4.78 is 5.17. The van der Waals surface area contributed by atoms with Crippen LogP contribution >= 0.6 is 0 Å². The molecule has 0 bridgehead atoms. The van der Waals surface area contributed by atoms with E-state index in [2.05, 4.69) is 0 Å². The van der Waals surface area contributed by atoms with Crippen LogP contribution in [0.4, 0.5) is 0 Å². The van der Waals surface area contributed by atoms with Gasteiger partial charge in [0, 0.05) is 19.7 Å². The fraction of sp³-hybridized carbons (Fsp3) is 0.900. The number of carbonyl (C=O) groups is 1. The molecule has 0 spiro atoms. The van der Waals surface area contributed by atoms with Crippen LogP contribution in [-0.4, -0.2) is 59.5 Å². The maximum atomic E-state index is 10.7. The molecule has 0 aliphatic heterocycles. The quantitative estimate of drug-likeness (QED) is 0.570. The summed E-state index contributed by atoms with van der Waals surface area (Å²) in [6, 6.07) is 0. The number of rotatable bonds is 8. The Bertz CT molecular complexity index is 194. The van der Waals surface area contributed by atoms with Crippen molar-refractivity contribution in [3.05, 3.63) is 0 Å². The normalized spacial score (nSPS) is 15.3. The first-order chi connectivity index (χ1) is 6.94. The van der Waals surface area contributed by atoms with Crippen molar-refractivity contribution in [3.63, 3.8) is 0 Å². The topological polar surface area (TPSA) is 70.0 Å². The summed E-state index contributed by atoms with van der Waals surface area (Å²) in [5.41, 5.74) is -1.69. The van der Waals surface area contributed by atoms with Crippen molar-refractivity contribution in [2.45, 2.75) is 26.4 Å². The molecule has 0 saturated heterocycles. The number of hydrogen-bond acceptors (Lipinski definition) is 4. The van der Waals surface area contributed by atoms with E-state index in [1.165, 1.54) is 6.92 Å². The molecule has 0 aliphatic rings. The second kappa shape index (κ2) is 6.76. The number of ether oxygens (including phenoxy) is 1. The summed E-state index contributed by atoms with van der Waals surface area (Å²) in [6.45, 7) is 7.77. The first kappa shape index (κ1) is 14.3. The molecule has 15 heavy (non-hydrogen) atoms. The first-order valence-electron chi connectivity index (χ1n) is 5.20. The second-order valence-corrected chi connectivity index (χ2v) is 3.64. The summed E-state index contributed by atoms with van der Waals surface area (Å²) in [5, 5.41) is 18.3. The number of aliphatic carboxylic acids is 1. The van der Waals surface area contributed by atoms with Crippen molar-refractivity contribution in [1.29, 1.82) is 0 Å². The van der Waals surface area contributed by atoms with Crippen LogP contribution in [-0.2, 0) is 9.53 Å². The lowest BCUT2D eigenvalue weighted by Crippen LogP contribution is -2.47. The van der Waals surface area contributed by atoms with Gasteiger partial charge in [-0.15, -0.1) is 0 Å². The number of hydrogen-bond donors (Lipinski definition) is 2. The molecule has 0 aromatic carbocycles. The Morgan fingerprint density at radius 2 is 2.07 bits per heavy atom. The van der Waals surface area contributed by atoms with Gasteiger partial charge in [0.1, 0.15) is 0 Å². The fourth-order valence-corrected chi connectivity index (χ4v) is 1.19. The molecule has 0 saturated carbocycles. The molecular formula is C10H21NO4. The molecule has 1 unspecified atom stereocenters. The van der Waals surface area contributed by atoms with Crippen LogP contribution in [0.1, 0.15) is 20.8 Å². The highest BCUT2D eigenvalue weighted by Crippen LogP contribution is 2.06. The van der Waals surface area contributed by atoms with E-state index in [1.54, 1.807) is 0 Å². The van der Waals surface area contributed by atoms with Gasteiger partial charge in [-0.25, -0.2) is 4.79 Å². The lowest BCUT2D eigenvalue weighted by molar-refractivity contribution is -0.158. The molecule has 0 fully saturated rings. The van der Waals surface area contributed by atoms with Gasteiger partial charge in [0.15, 0.2) is 5.60 Å². The number of carboxylic acid groups (broad SMARTS) is 1. The SMILES string of the molecule is CCOCCN(CC)CC(C)(O)C(=O)O. The number of nitrogens with zero attached hydrogens (tertiary/aromatic N) is 1. The van der Waals surface area contributed by atoms with Gasteiger partial charge in [-0.2, -0.15) is 0 Å². The van der Waals surface area contributed by atoms with Gasteiger partial charge in [-0.3, -0.25) is 4.90 Å². The Labute approximate surface area is 90.6 Å². The molecular weight excluding hydrogens is 198 g/mol. The highest BCUT2D eigenvalue weighted by molar-refractivity contribution is 5.76. The maximum absolute atomic E-state index is 10.7. The predicted molar refractivity (Wildman–Crippen MR) is 56.9 cm³/mol. The third-order valence-corrected chi connectivity index (χ3v) is 2.20. The average Bonchev–Trinajstić information content (AvgIpc) is 2.16. The molecule has 0 heterocycles. The van der Waals surface area contributed by atoms with Crippen LogP contribution in [0.5, 0.6) is 0 Å². The van der Waals surface area contributed by atoms with Crippen molar-refractivity contribution >= 4 is 5.97 Å². The molecule has 0 aromatic heterocycles. The van der Waals surface area contributed by atoms with Gasteiger partial charge < -0.3 is 14.9 Å². The van der Waals surface area contributed by atoms with Gasteiger partial charge >= 0.3 is 5.97 Å². The van der Waals surface area contributed by atoms with Crippen molar-refractivity contribution < 1.29 is 19.7 Å². The molecule has 1 atom stereocenters. The Hall–Kier alpha value is -0.650. The third-order valence-electron chi connectivity index (χ3n) is 2.20. The summed E-state index contributed by atoms with van der Waals surface area (Å²) >= 11 is 0. The average molecular weight is 219 g/mol. The van der Waals surface area contributed by atoms with Gasteiger partial charge in [0.05, 0.1) is 6.61 Å². The van der Waals surface area contributed by atoms with E-state index in [4.69, 9.17) is 9.84 Å². The fourth-order valence-electron chi connectivity index (χ4n) is 1.19. The van der Waals surface area contributed by atoms with Gasteiger partial charge in [0.25, 0.3) is 0 Å². The Balaban J connectivity index is 4.03. The molecule has 0 rings (SSSR count). The smallest absolute Gasteiger partial charge is 0.336 e. The van der Waals surface area contributed by atoms with Crippen LogP contribution in [0.2, 0.25) is 0 Å². The van der Waals surface area contributed by atoms with Crippen LogP contribution in [0.25, 0.3) is 0 Å². The Morgan fingerprint density at radius 3 is 2.47 bits per heavy atom. The van der Waals surface area contributed by atoms with Crippen molar-refractivity contribution in [2.75, 3.05) is 32.8 Å². The zero-order valence-corrected chi connectivity index (χ0v) is 9.69. The van der Waals surface area contributed by atoms with E-state index in [9.17, 15) is 9.90 Å². The zero-order chi connectivity index (χ0) is 11.9. The minimum Gasteiger partial charge on any atom is -0.479 e. The Kier molecular flexibility index (Phi) is 6.47. The summed E-state index contributed by atoms with van der Waals surface area (Å²) in [4.78, 5) is 12.5. The highest BCUT2D eigenvalue weighted by Gasteiger charge is 2.31. The second-order valence-electron chi connectivity index (χ2n) is 3.64. The van der Waals surface area contributed by atoms with E-state index >= 15 is 0 Å². The summed E-state index contributed by atoms with van der Waals surface area (Å²) in [5.74, 6) is -1.20. The van der Waals surface area contributed by atoms with Crippen molar-refractivity contribution in [1.82, 2.24) is 4.90 Å². The van der Waals surface area contributed by atoms with Crippen LogP contribution < -0.4 is 0 Å². The minimum atomic E-state index is -1.69. The lowest BCUT2D eigenvalue weighted by Gasteiger charge is -2.27. The molecule has 5 nitrogen and oxygen atoms in total. The molecule has 0 aromatic rings. The third kappa shape index (κ3) is 5.71. The molecule has 90 valence electrons. The van der Waals surface area contributed by atoms with Gasteiger partial charge in [-0.1, -0.05) is 6.92 Å². The molecule has 0 amide bonds.